The lowest BCUT2D eigenvalue weighted by Gasteiger charge is -2.18. The molecule has 274 valence electrons. The number of carbonyl (C=O) groups excluding carboxylic acids is 3. The Balaban J connectivity index is 1.30. The summed E-state index contributed by atoms with van der Waals surface area (Å²) in [4.78, 5) is 68.2. The number of nitrogens with zero attached hydrogens (tertiary/aromatic N) is 4. The lowest BCUT2D eigenvalue weighted by Crippen LogP contribution is -2.46. The van der Waals surface area contributed by atoms with Gasteiger partial charge in [-0.05, 0) is 48.0 Å². The first-order valence-electron chi connectivity index (χ1n) is 15.5. The molecule has 0 aliphatic rings. The van der Waals surface area contributed by atoms with E-state index in [0.717, 1.165) is 39.7 Å². The Morgan fingerprint density at radius 3 is 2.38 bits per heavy atom. The summed E-state index contributed by atoms with van der Waals surface area (Å²) in [5, 5.41) is 17.9. The summed E-state index contributed by atoms with van der Waals surface area (Å²) >= 11 is 0. The fourth-order valence-electron chi connectivity index (χ4n) is 4.83. The van der Waals surface area contributed by atoms with Gasteiger partial charge in [0.25, 0.3) is 5.56 Å². The highest BCUT2D eigenvalue weighted by Gasteiger charge is 2.31. The number of amides is 2. The van der Waals surface area contributed by atoms with Crippen LogP contribution in [0.1, 0.15) is 17.5 Å². The van der Waals surface area contributed by atoms with Crippen LogP contribution < -0.4 is 20.9 Å². The number of anilines is 1. The molecule has 53 heavy (non-hydrogen) atoms. The zero-order valence-corrected chi connectivity index (χ0v) is 27.2. The van der Waals surface area contributed by atoms with Crippen LogP contribution in [0.2, 0.25) is 0 Å². The highest BCUT2D eigenvalue weighted by Crippen LogP contribution is 2.30. The van der Waals surface area contributed by atoms with Crippen LogP contribution in [-0.2, 0) is 38.4 Å². The number of hydrogen-bond acceptors (Lipinski definition) is 9. The number of hydrogen-bond donors (Lipinski definition) is 3. The third-order valence-electron chi connectivity index (χ3n) is 7.37. The molecule has 0 saturated heterocycles. The van der Waals surface area contributed by atoms with Gasteiger partial charge in [-0.2, -0.15) is 13.2 Å². The molecule has 0 aliphatic carbocycles. The molecule has 0 bridgehead atoms. The summed E-state index contributed by atoms with van der Waals surface area (Å²) in [6.07, 6.45) is -4.20. The van der Waals surface area contributed by atoms with Crippen molar-refractivity contribution in [2.24, 2.45) is 0 Å². The van der Waals surface area contributed by atoms with E-state index in [0.29, 0.717) is 5.56 Å². The standard InChI is InChI=1S/C35H28F4N6O8/c36-24-11-9-22(10-12-24)32-40-17-27(42-34(51)53-19-21-5-2-1-3-6-21)33(50)44(32)18-29(47)41-26(16-31(48)49)28(46)20-52-30-13-14-45(43-30)25-8-4-7-23(15-25)35(37,38)39/h1-15,17,26H,16,18-20H2,(H,41,47)(H,42,51)(H,48,49). The van der Waals surface area contributed by atoms with Crippen molar-refractivity contribution >= 4 is 29.4 Å². The Labute approximate surface area is 296 Å². The number of Topliss-reactive ketones (excluding diaryl/α,β-unsaturated/α-hetero) is 1. The van der Waals surface area contributed by atoms with E-state index in [9.17, 15) is 46.6 Å². The summed E-state index contributed by atoms with van der Waals surface area (Å²) < 4.78 is 65.5. The van der Waals surface area contributed by atoms with Gasteiger partial charge in [-0.15, -0.1) is 5.10 Å². The molecule has 0 spiro atoms. The van der Waals surface area contributed by atoms with E-state index < -0.39 is 78.2 Å². The van der Waals surface area contributed by atoms with E-state index >= 15 is 0 Å². The van der Waals surface area contributed by atoms with E-state index in [1.54, 1.807) is 30.3 Å². The average molecular weight is 737 g/mol. The first kappa shape index (κ1) is 37.4. The van der Waals surface area contributed by atoms with Crippen molar-refractivity contribution in [3.63, 3.8) is 0 Å². The molecule has 5 rings (SSSR count). The molecule has 2 amide bonds. The number of ketones is 1. The third kappa shape index (κ3) is 10.1. The first-order chi connectivity index (χ1) is 25.3. The highest BCUT2D eigenvalue weighted by atomic mass is 19.4. The van der Waals surface area contributed by atoms with Crippen molar-refractivity contribution < 1.29 is 51.3 Å². The SMILES string of the molecule is O=C(O)CC(NC(=O)Cn1c(-c2ccc(F)cc2)ncc(NC(=O)OCc2ccccc2)c1=O)C(=O)COc1ccn(-c2cccc(C(F)(F)F)c2)n1. The Bertz CT molecular complexity index is 2170. The van der Waals surface area contributed by atoms with Gasteiger partial charge in [0.1, 0.15) is 36.5 Å². The van der Waals surface area contributed by atoms with Crippen molar-refractivity contribution in [1.29, 1.82) is 0 Å². The van der Waals surface area contributed by atoms with Gasteiger partial charge in [0.05, 0.1) is 23.9 Å². The minimum Gasteiger partial charge on any atom is -0.481 e. The Morgan fingerprint density at radius 1 is 0.943 bits per heavy atom. The number of ether oxygens (including phenoxy) is 2. The number of carbonyl (C=O) groups is 4. The number of nitrogens with one attached hydrogen (secondary N) is 2. The van der Waals surface area contributed by atoms with Crippen LogP contribution in [0.5, 0.6) is 5.88 Å². The number of carboxylic acids is 1. The van der Waals surface area contributed by atoms with Crippen LogP contribution in [0.15, 0.2) is 102 Å². The zero-order valence-electron chi connectivity index (χ0n) is 27.2. The van der Waals surface area contributed by atoms with Crippen LogP contribution in [0.25, 0.3) is 17.1 Å². The van der Waals surface area contributed by atoms with Crippen LogP contribution >= 0.6 is 0 Å². The molecule has 0 fully saturated rings. The summed E-state index contributed by atoms with van der Waals surface area (Å²) in [6.45, 7) is -1.76. The largest absolute Gasteiger partial charge is 0.481 e. The fourth-order valence-corrected chi connectivity index (χ4v) is 4.83. The molecule has 3 aromatic carbocycles. The summed E-state index contributed by atoms with van der Waals surface area (Å²) in [5.41, 5.74) is -1.33. The average Bonchev–Trinajstić information content (AvgIpc) is 3.61. The third-order valence-corrected chi connectivity index (χ3v) is 7.37. The van der Waals surface area contributed by atoms with Crippen LogP contribution in [0, 0.1) is 5.82 Å². The summed E-state index contributed by atoms with van der Waals surface area (Å²) in [5.74, 6) is -4.33. The molecule has 2 aromatic heterocycles. The van der Waals surface area contributed by atoms with Crippen molar-refractivity contribution in [2.75, 3.05) is 11.9 Å². The first-order valence-corrected chi connectivity index (χ1v) is 15.5. The molecule has 0 radical (unpaired) electrons. The maximum Gasteiger partial charge on any atom is 0.416 e. The van der Waals surface area contributed by atoms with Gasteiger partial charge >= 0.3 is 18.2 Å². The number of rotatable bonds is 14. The Morgan fingerprint density at radius 2 is 1.68 bits per heavy atom. The van der Waals surface area contributed by atoms with Crippen molar-refractivity contribution in [3.8, 4) is 23.0 Å². The molecule has 5 aromatic rings. The van der Waals surface area contributed by atoms with E-state index in [4.69, 9.17) is 9.47 Å². The smallest absolute Gasteiger partial charge is 0.416 e. The normalized spacial score (nSPS) is 11.7. The number of aromatic nitrogens is 4. The van der Waals surface area contributed by atoms with E-state index in [1.165, 1.54) is 36.5 Å². The number of aliphatic carboxylic acids is 1. The molecule has 1 unspecified atom stereocenters. The van der Waals surface area contributed by atoms with Gasteiger partial charge in [-0.3, -0.25) is 29.1 Å². The number of halogens is 4. The minimum atomic E-state index is -4.60. The zero-order chi connectivity index (χ0) is 38.1. The van der Waals surface area contributed by atoms with Crippen LogP contribution in [0.3, 0.4) is 0 Å². The molecule has 14 nitrogen and oxygen atoms in total. The summed E-state index contributed by atoms with van der Waals surface area (Å²) in [6, 6.07) is 17.3. The number of carboxylic acid groups (broad SMARTS) is 1. The molecule has 0 saturated carbocycles. The predicted molar refractivity (Wildman–Crippen MR) is 177 cm³/mol. The van der Waals surface area contributed by atoms with Crippen molar-refractivity contribution in [1.82, 2.24) is 24.6 Å². The maximum atomic E-state index is 13.7. The Kier molecular flexibility index (Phi) is 11.6. The maximum absolute atomic E-state index is 13.7. The van der Waals surface area contributed by atoms with E-state index in [1.807, 2.05) is 0 Å². The van der Waals surface area contributed by atoms with Gasteiger partial charge in [-0.1, -0.05) is 36.4 Å². The lowest BCUT2D eigenvalue weighted by atomic mass is 10.1. The number of benzene rings is 3. The quantitative estimate of drug-likeness (QED) is 0.136. The van der Waals surface area contributed by atoms with Crippen LogP contribution in [0.4, 0.5) is 28.0 Å². The van der Waals surface area contributed by atoms with Crippen molar-refractivity contribution in [2.45, 2.75) is 31.8 Å². The second kappa shape index (κ2) is 16.4. The predicted octanol–water partition coefficient (Wildman–Crippen LogP) is 4.61. The Hall–Kier alpha value is -6.85. The van der Waals surface area contributed by atoms with Gasteiger partial charge in [0.15, 0.2) is 12.4 Å². The minimum absolute atomic E-state index is 0.0464. The monoisotopic (exact) mass is 736 g/mol. The second-order valence-electron chi connectivity index (χ2n) is 11.2. The topological polar surface area (TPSA) is 184 Å². The summed E-state index contributed by atoms with van der Waals surface area (Å²) in [7, 11) is 0. The molecule has 2 heterocycles. The molecule has 1 atom stereocenters. The van der Waals surface area contributed by atoms with Crippen molar-refractivity contribution in [3.05, 3.63) is 125 Å². The fraction of sp³-hybridized carbons (Fsp3) is 0.171. The van der Waals surface area contributed by atoms with Gasteiger partial charge < -0.3 is 19.9 Å². The molecule has 0 aliphatic heterocycles. The van der Waals surface area contributed by atoms with E-state index in [-0.39, 0.29) is 29.6 Å². The molecular formula is C35H28F4N6O8. The van der Waals surface area contributed by atoms with Gasteiger partial charge in [-0.25, -0.2) is 18.9 Å². The molecule has 18 heteroatoms. The van der Waals surface area contributed by atoms with Crippen LogP contribution in [-0.4, -0.2) is 60.8 Å². The second-order valence-corrected chi connectivity index (χ2v) is 11.2. The van der Waals surface area contributed by atoms with Gasteiger partial charge in [0, 0.05) is 17.8 Å². The van der Waals surface area contributed by atoms with E-state index in [2.05, 4.69) is 20.7 Å². The molecule has 3 N–H and O–H groups in total. The molecular weight excluding hydrogens is 708 g/mol. The van der Waals surface area contributed by atoms with Gasteiger partial charge in [0.2, 0.25) is 11.8 Å². The lowest BCUT2D eigenvalue weighted by molar-refractivity contribution is -0.140. The number of alkyl halides is 3. The highest BCUT2D eigenvalue weighted by molar-refractivity contribution is 5.93.